The van der Waals surface area contributed by atoms with Crippen LogP contribution in [0.4, 0.5) is 0 Å². The predicted molar refractivity (Wildman–Crippen MR) is 172 cm³/mol. The van der Waals surface area contributed by atoms with Crippen molar-refractivity contribution in [2.75, 3.05) is 47.0 Å². The third kappa shape index (κ3) is 6.12. The van der Waals surface area contributed by atoms with Gasteiger partial charge in [-0.15, -0.1) is 0 Å². The first-order valence-corrected chi connectivity index (χ1v) is 15.6. The maximum absolute atomic E-state index is 9.32. The first kappa shape index (κ1) is 30.7. The van der Waals surface area contributed by atoms with E-state index in [1.165, 1.54) is 6.42 Å². The highest BCUT2D eigenvalue weighted by Crippen LogP contribution is 2.42. The number of likely N-dealkylation sites (tertiary alicyclic amines) is 2. The zero-order valence-corrected chi connectivity index (χ0v) is 26.6. The Bertz CT molecular complexity index is 1520. The number of nitrogens with zero attached hydrogens (tertiary/aromatic N) is 6. The molecule has 0 amide bonds. The van der Waals surface area contributed by atoms with Crippen molar-refractivity contribution in [3.05, 3.63) is 70.2 Å². The first-order chi connectivity index (χ1) is 21.4. The van der Waals surface area contributed by atoms with Gasteiger partial charge in [-0.1, -0.05) is 72.9 Å². The summed E-state index contributed by atoms with van der Waals surface area (Å²) >= 11 is 14.1. The van der Waals surface area contributed by atoms with Crippen LogP contribution in [0.25, 0.3) is 33.6 Å². The molecule has 0 unspecified atom stereocenters. The molecule has 44 heavy (non-hydrogen) atoms. The van der Waals surface area contributed by atoms with Crippen LogP contribution in [0.15, 0.2) is 48.8 Å². The standard InChI is InChI=1S/C33H36Cl2N6O3/c1-4-20-13-40(14-20)17-28-32(43-2)38-26(11-36-28)24-9-5-7-22(30(24)34)23-8-6-10-25(31(23)35)27-12-37-29(33(39-27)44-3)18-41-15-21(16-41)19-42/h5-12,20-21,42H,4,13-19H2,1-3H3. The largest absolute Gasteiger partial charge is 0.480 e. The van der Waals surface area contributed by atoms with Crippen LogP contribution >= 0.6 is 23.2 Å². The van der Waals surface area contributed by atoms with E-state index in [9.17, 15) is 5.11 Å². The molecule has 2 aliphatic rings. The maximum Gasteiger partial charge on any atom is 0.237 e. The van der Waals surface area contributed by atoms with Gasteiger partial charge in [0.1, 0.15) is 11.4 Å². The van der Waals surface area contributed by atoms with Crippen LogP contribution in [0.2, 0.25) is 10.0 Å². The van der Waals surface area contributed by atoms with Gasteiger partial charge in [-0.05, 0) is 5.92 Å². The van der Waals surface area contributed by atoms with Crippen LogP contribution in [0.3, 0.4) is 0 Å². The number of aromatic nitrogens is 4. The summed E-state index contributed by atoms with van der Waals surface area (Å²) in [6.45, 7) is 7.55. The number of rotatable bonds is 11. The smallest absolute Gasteiger partial charge is 0.237 e. The van der Waals surface area contributed by atoms with Crippen molar-refractivity contribution in [3.8, 4) is 45.4 Å². The fraction of sp³-hybridized carbons (Fsp3) is 0.394. The molecule has 0 spiro atoms. The molecule has 1 N–H and O–H groups in total. The monoisotopic (exact) mass is 634 g/mol. The van der Waals surface area contributed by atoms with E-state index in [2.05, 4.69) is 21.7 Å². The Morgan fingerprint density at radius 1 is 0.727 bits per heavy atom. The summed E-state index contributed by atoms with van der Waals surface area (Å²) < 4.78 is 11.2. The lowest BCUT2D eigenvalue weighted by atomic mass is 9.97. The average molecular weight is 636 g/mol. The summed E-state index contributed by atoms with van der Waals surface area (Å²) in [6.07, 6.45) is 4.67. The molecule has 0 radical (unpaired) electrons. The molecule has 11 heteroatoms. The van der Waals surface area contributed by atoms with Crippen LogP contribution in [0.1, 0.15) is 24.7 Å². The SMILES string of the molecule is CCC1CN(Cc2ncc(-c3cccc(-c4cccc(-c5cnc(CN6CC(CO)C6)c(OC)n5)c4Cl)c3Cl)nc2OC)C1. The molecule has 4 heterocycles. The summed E-state index contributed by atoms with van der Waals surface area (Å²) in [7, 11) is 3.21. The molecular weight excluding hydrogens is 599 g/mol. The zero-order valence-electron chi connectivity index (χ0n) is 25.1. The van der Waals surface area contributed by atoms with Gasteiger partial charge in [-0.25, -0.2) is 9.97 Å². The second kappa shape index (κ2) is 13.3. The van der Waals surface area contributed by atoms with Gasteiger partial charge < -0.3 is 14.6 Å². The second-order valence-electron chi connectivity index (χ2n) is 11.5. The highest BCUT2D eigenvalue weighted by Gasteiger charge is 2.28. The van der Waals surface area contributed by atoms with E-state index >= 15 is 0 Å². The lowest BCUT2D eigenvalue weighted by Gasteiger charge is -2.38. The number of ether oxygens (including phenoxy) is 2. The van der Waals surface area contributed by atoms with Gasteiger partial charge in [0.05, 0.1) is 48.0 Å². The third-order valence-corrected chi connectivity index (χ3v) is 9.31. The van der Waals surface area contributed by atoms with Gasteiger partial charge in [-0.3, -0.25) is 19.8 Å². The molecule has 0 aliphatic carbocycles. The van der Waals surface area contributed by atoms with Gasteiger partial charge in [-0.2, -0.15) is 0 Å². The number of methoxy groups -OCH3 is 2. The van der Waals surface area contributed by atoms with Crippen LogP contribution in [-0.2, 0) is 13.1 Å². The van der Waals surface area contributed by atoms with E-state index in [1.54, 1.807) is 26.6 Å². The normalized spacial score (nSPS) is 16.0. The van der Waals surface area contributed by atoms with E-state index in [4.69, 9.17) is 47.6 Å². The highest BCUT2D eigenvalue weighted by atomic mass is 35.5. The van der Waals surface area contributed by atoms with Gasteiger partial charge >= 0.3 is 0 Å². The Balaban J connectivity index is 1.27. The Morgan fingerprint density at radius 3 is 1.57 bits per heavy atom. The third-order valence-electron chi connectivity index (χ3n) is 8.50. The Morgan fingerprint density at radius 2 is 1.16 bits per heavy atom. The minimum atomic E-state index is 0.201. The van der Waals surface area contributed by atoms with Crippen molar-refractivity contribution in [2.45, 2.75) is 26.4 Å². The molecule has 2 aliphatic heterocycles. The molecule has 6 rings (SSSR count). The molecule has 2 aromatic heterocycles. The topological polar surface area (TPSA) is 96.7 Å². The van der Waals surface area contributed by atoms with E-state index in [0.29, 0.717) is 52.2 Å². The van der Waals surface area contributed by atoms with E-state index in [1.807, 2.05) is 36.4 Å². The fourth-order valence-electron chi connectivity index (χ4n) is 5.88. The summed E-state index contributed by atoms with van der Waals surface area (Å²) in [5, 5.41) is 10.3. The fourth-order valence-corrected chi connectivity index (χ4v) is 6.53. The van der Waals surface area contributed by atoms with Crippen molar-refractivity contribution in [2.24, 2.45) is 11.8 Å². The molecule has 9 nitrogen and oxygen atoms in total. The van der Waals surface area contributed by atoms with Gasteiger partial charge in [0.15, 0.2) is 0 Å². The lowest BCUT2D eigenvalue weighted by molar-refractivity contribution is 0.0462. The van der Waals surface area contributed by atoms with Crippen molar-refractivity contribution in [1.29, 1.82) is 0 Å². The highest BCUT2D eigenvalue weighted by molar-refractivity contribution is 6.39. The summed E-state index contributed by atoms with van der Waals surface area (Å²) in [4.78, 5) is 23.5. The van der Waals surface area contributed by atoms with Crippen LogP contribution in [0, 0.1) is 11.8 Å². The average Bonchev–Trinajstić information content (AvgIpc) is 3.01. The molecule has 0 atom stereocenters. The number of benzene rings is 2. The number of aliphatic hydroxyl groups excluding tert-OH is 1. The van der Waals surface area contributed by atoms with Gasteiger partial charge in [0.2, 0.25) is 11.8 Å². The molecule has 0 bridgehead atoms. The Kier molecular flexibility index (Phi) is 9.30. The van der Waals surface area contributed by atoms with E-state index < -0.39 is 0 Å². The van der Waals surface area contributed by atoms with Gasteiger partial charge in [0.25, 0.3) is 0 Å². The lowest BCUT2D eigenvalue weighted by Crippen LogP contribution is -2.47. The van der Waals surface area contributed by atoms with Crippen molar-refractivity contribution < 1.29 is 14.6 Å². The zero-order chi connectivity index (χ0) is 30.8. The summed E-state index contributed by atoms with van der Waals surface area (Å²) in [5.41, 5.74) is 5.76. The molecule has 0 saturated carbocycles. The van der Waals surface area contributed by atoms with Gasteiger partial charge in [0, 0.05) is 74.0 Å². The van der Waals surface area contributed by atoms with Crippen molar-refractivity contribution >= 4 is 23.2 Å². The van der Waals surface area contributed by atoms with Crippen LogP contribution in [-0.4, -0.2) is 81.8 Å². The Labute approximate surface area is 267 Å². The Hall–Kier alpha value is -3.34. The number of hydrogen-bond acceptors (Lipinski definition) is 9. The first-order valence-electron chi connectivity index (χ1n) is 14.9. The van der Waals surface area contributed by atoms with E-state index in [-0.39, 0.29) is 6.61 Å². The molecule has 2 aromatic carbocycles. The second-order valence-corrected chi connectivity index (χ2v) is 12.2. The quantitative estimate of drug-likeness (QED) is 0.218. The molecular formula is C33H36Cl2N6O3. The number of halogens is 2. The van der Waals surface area contributed by atoms with Crippen molar-refractivity contribution in [3.63, 3.8) is 0 Å². The minimum absolute atomic E-state index is 0.201. The number of aliphatic hydroxyl groups is 1. The predicted octanol–water partition coefficient (Wildman–Crippen LogP) is 5.86. The van der Waals surface area contributed by atoms with Crippen LogP contribution in [0.5, 0.6) is 11.8 Å². The number of hydrogen-bond donors (Lipinski definition) is 1. The van der Waals surface area contributed by atoms with Crippen LogP contribution < -0.4 is 9.47 Å². The van der Waals surface area contributed by atoms with Crippen molar-refractivity contribution in [1.82, 2.24) is 29.7 Å². The molecule has 2 fully saturated rings. The molecule has 230 valence electrons. The molecule has 4 aromatic rings. The summed E-state index contributed by atoms with van der Waals surface area (Å²) in [5.74, 6) is 2.02. The maximum atomic E-state index is 9.32. The van der Waals surface area contributed by atoms with E-state index in [0.717, 1.165) is 65.7 Å². The minimum Gasteiger partial charge on any atom is -0.480 e. The summed E-state index contributed by atoms with van der Waals surface area (Å²) in [6, 6.07) is 11.6. The molecule has 2 saturated heterocycles.